The lowest BCUT2D eigenvalue weighted by molar-refractivity contribution is -0.121. The maximum Gasteiger partial charge on any atom is 0.241 e. The van der Waals surface area contributed by atoms with Crippen molar-refractivity contribution >= 4 is 22.5 Å². The molecule has 0 fully saturated rings. The Balaban J connectivity index is 2.39. The zero-order chi connectivity index (χ0) is 13.8. The Hall–Kier alpha value is -2.30. The van der Waals surface area contributed by atoms with Gasteiger partial charge in [-0.3, -0.25) is 4.79 Å². The fraction of sp³-hybridized carbons (Fsp3) is 0.286. The van der Waals surface area contributed by atoms with E-state index in [4.69, 9.17) is 4.74 Å². The van der Waals surface area contributed by atoms with E-state index in [1.165, 1.54) is 0 Å². The third-order valence-corrected chi connectivity index (χ3v) is 2.97. The van der Waals surface area contributed by atoms with Gasteiger partial charge in [-0.1, -0.05) is 6.07 Å². The van der Waals surface area contributed by atoms with Gasteiger partial charge in [0.05, 0.1) is 7.11 Å². The highest BCUT2D eigenvalue weighted by Gasteiger charge is 2.13. The molecule has 0 aliphatic rings. The molecule has 0 aliphatic carbocycles. The summed E-state index contributed by atoms with van der Waals surface area (Å²) in [6.07, 6.45) is 1.72. The van der Waals surface area contributed by atoms with Crippen LogP contribution in [0, 0.1) is 0 Å². The monoisotopic (exact) mass is 259 g/mol. The van der Waals surface area contributed by atoms with Crippen molar-refractivity contribution in [1.29, 1.82) is 0 Å². The SMILES string of the molecule is CNC(=O)C(C)Nc1nccc2ccc(OC)cc12. The number of pyridine rings is 1. The summed E-state index contributed by atoms with van der Waals surface area (Å²) in [6, 6.07) is 7.33. The van der Waals surface area contributed by atoms with Crippen LogP contribution in [-0.4, -0.2) is 31.1 Å². The van der Waals surface area contributed by atoms with Crippen molar-refractivity contribution in [2.75, 3.05) is 19.5 Å². The molecule has 0 saturated heterocycles. The van der Waals surface area contributed by atoms with Gasteiger partial charge in [-0.2, -0.15) is 0 Å². The second-order valence-electron chi connectivity index (χ2n) is 4.23. The summed E-state index contributed by atoms with van der Waals surface area (Å²) in [7, 11) is 3.23. The number of hydrogen-bond donors (Lipinski definition) is 2. The summed E-state index contributed by atoms with van der Waals surface area (Å²) in [6.45, 7) is 1.79. The van der Waals surface area contributed by atoms with E-state index in [0.29, 0.717) is 5.82 Å². The van der Waals surface area contributed by atoms with Crippen molar-refractivity contribution < 1.29 is 9.53 Å². The van der Waals surface area contributed by atoms with Gasteiger partial charge in [0.15, 0.2) is 0 Å². The van der Waals surface area contributed by atoms with E-state index in [1.54, 1.807) is 27.3 Å². The molecule has 2 N–H and O–H groups in total. The zero-order valence-electron chi connectivity index (χ0n) is 11.2. The molecule has 1 aromatic heterocycles. The van der Waals surface area contributed by atoms with Crippen molar-refractivity contribution in [3.8, 4) is 5.75 Å². The van der Waals surface area contributed by atoms with Crippen LogP contribution in [0.25, 0.3) is 10.8 Å². The van der Waals surface area contributed by atoms with Crippen molar-refractivity contribution in [2.24, 2.45) is 0 Å². The summed E-state index contributed by atoms with van der Waals surface area (Å²) in [5, 5.41) is 7.68. The van der Waals surface area contributed by atoms with Gasteiger partial charge in [0.1, 0.15) is 17.6 Å². The van der Waals surface area contributed by atoms with Crippen LogP contribution in [0.1, 0.15) is 6.92 Å². The first-order chi connectivity index (χ1) is 9.15. The fourth-order valence-corrected chi connectivity index (χ4v) is 1.88. The molecule has 19 heavy (non-hydrogen) atoms. The van der Waals surface area contributed by atoms with Crippen LogP contribution < -0.4 is 15.4 Å². The van der Waals surface area contributed by atoms with Gasteiger partial charge in [-0.05, 0) is 30.5 Å². The maximum atomic E-state index is 11.5. The number of methoxy groups -OCH3 is 1. The van der Waals surface area contributed by atoms with Gasteiger partial charge in [0.25, 0.3) is 0 Å². The van der Waals surface area contributed by atoms with Crippen LogP contribution in [-0.2, 0) is 4.79 Å². The maximum absolute atomic E-state index is 11.5. The largest absolute Gasteiger partial charge is 0.497 e. The van der Waals surface area contributed by atoms with Crippen LogP contribution in [0.3, 0.4) is 0 Å². The molecule has 1 heterocycles. The van der Waals surface area contributed by atoms with E-state index in [0.717, 1.165) is 16.5 Å². The molecule has 1 aromatic carbocycles. The van der Waals surface area contributed by atoms with E-state index >= 15 is 0 Å². The molecule has 0 bridgehead atoms. The first kappa shape index (κ1) is 13.1. The third kappa shape index (κ3) is 2.76. The first-order valence-electron chi connectivity index (χ1n) is 6.06. The lowest BCUT2D eigenvalue weighted by atomic mass is 10.1. The van der Waals surface area contributed by atoms with Crippen molar-refractivity contribution in [1.82, 2.24) is 10.3 Å². The number of benzene rings is 1. The fourth-order valence-electron chi connectivity index (χ4n) is 1.88. The minimum absolute atomic E-state index is 0.0818. The number of nitrogens with zero attached hydrogens (tertiary/aromatic N) is 1. The standard InChI is InChI=1S/C14H17N3O2/c1-9(14(18)15-2)17-13-12-8-11(19-3)5-4-10(12)6-7-16-13/h4-9H,1-3H3,(H,15,18)(H,16,17). The summed E-state index contributed by atoms with van der Waals surface area (Å²) >= 11 is 0. The number of anilines is 1. The molecule has 0 spiro atoms. The van der Waals surface area contributed by atoms with Gasteiger partial charge in [-0.15, -0.1) is 0 Å². The Morgan fingerprint density at radius 3 is 2.84 bits per heavy atom. The van der Waals surface area contributed by atoms with Gasteiger partial charge in [0, 0.05) is 18.6 Å². The molecule has 0 saturated carbocycles. The molecule has 5 heteroatoms. The van der Waals surface area contributed by atoms with Crippen LogP contribution >= 0.6 is 0 Å². The first-order valence-corrected chi connectivity index (χ1v) is 6.06. The number of carbonyl (C=O) groups excluding carboxylic acids is 1. The lowest BCUT2D eigenvalue weighted by Crippen LogP contribution is -2.35. The number of nitrogens with one attached hydrogen (secondary N) is 2. The Kier molecular flexibility index (Phi) is 3.85. The smallest absolute Gasteiger partial charge is 0.241 e. The van der Waals surface area contributed by atoms with Crippen LogP contribution in [0.5, 0.6) is 5.75 Å². The number of likely N-dealkylation sites (N-methyl/N-ethyl adjacent to an activating group) is 1. The molecular formula is C14H17N3O2. The molecule has 0 aliphatic heterocycles. The molecule has 100 valence electrons. The second-order valence-corrected chi connectivity index (χ2v) is 4.23. The Bertz CT molecular complexity index is 598. The summed E-state index contributed by atoms with van der Waals surface area (Å²) in [5.74, 6) is 1.35. The number of rotatable bonds is 4. The van der Waals surface area contributed by atoms with E-state index in [9.17, 15) is 4.79 Å². The highest BCUT2D eigenvalue weighted by atomic mass is 16.5. The lowest BCUT2D eigenvalue weighted by Gasteiger charge is -2.14. The number of amides is 1. The average molecular weight is 259 g/mol. The zero-order valence-corrected chi connectivity index (χ0v) is 11.2. The Morgan fingerprint density at radius 2 is 2.16 bits per heavy atom. The van der Waals surface area contributed by atoms with Crippen molar-refractivity contribution in [3.63, 3.8) is 0 Å². The minimum Gasteiger partial charge on any atom is -0.497 e. The summed E-state index contributed by atoms with van der Waals surface area (Å²) in [4.78, 5) is 15.8. The molecule has 1 unspecified atom stereocenters. The average Bonchev–Trinajstić information content (AvgIpc) is 2.46. The van der Waals surface area contributed by atoms with Gasteiger partial charge in [0.2, 0.25) is 5.91 Å². The highest BCUT2D eigenvalue weighted by molar-refractivity contribution is 5.94. The van der Waals surface area contributed by atoms with Gasteiger partial charge < -0.3 is 15.4 Å². The quantitative estimate of drug-likeness (QED) is 0.878. The second kappa shape index (κ2) is 5.56. The molecule has 1 amide bonds. The summed E-state index contributed by atoms with van der Waals surface area (Å²) < 4.78 is 5.22. The predicted molar refractivity (Wildman–Crippen MR) is 75.4 cm³/mol. The molecule has 0 radical (unpaired) electrons. The number of hydrogen-bond acceptors (Lipinski definition) is 4. The van der Waals surface area contributed by atoms with E-state index in [-0.39, 0.29) is 11.9 Å². The van der Waals surface area contributed by atoms with E-state index < -0.39 is 0 Å². The number of fused-ring (bicyclic) bond motifs is 1. The van der Waals surface area contributed by atoms with Crippen LogP contribution in [0.4, 0.5) is 5.82 Å². The van der Waals surface area contributed by atoms with Crippen LogP contribution in [0.15, 0.2) is 30.5 Å². The number of aromatic nitrogens is 1. The predicted octanol–water partition coefficient (Wildman–Crippen LogP) is 1.79. The van der Waals surface area contributed by atoms with Crippen LogP contribution in [0.2, 0.25) is 0 Å². The number of carbonyl (C=O) groups is 1. The van der Waals surface area contributed by atoms with Crippen molar-refractivity contribution in [3.05, 3.63) is 30.5 Å². The molecule has 5 nitrogen and oxygen atoms in total. The van der Waals surface area contributed by atoms with Gasteiger partial charge >= 0.3 is 0 Å². The summed E-state index contributed by atoms with van der Waals surface area (Å²) in [5.41, 5.74) is 0. The molecule has 1 atom stereocenters. The topological polar surface area (TPSA) is 63.2 Å². The Labute approximate surface area is 112 Å². The minimum atomic E-state index is -0.352. The molecular weight excluding hydrogens is 242 g/mol. The van der Waals surface area contributed by atoms with Gasteiger partial charge in [-0.25, -0.2) is 4.98 Å². The highest BCUT2D eigenvalue weighted by Crippen LogP contribution is 2.25. The third-order valence-electron chi connectivity index (χ3n) is 2.97. The van der Waals surface area contributed by atoms with Crippen molar-refractivity contribution in [2.45, 2.75) is 13.0 Å². The molecule has 2 aromatic rings. The van der Waals surface area contributed by atoms with E-state index in [1.807, 2.05) is 24.3 Å². The number of ether oxygens (including phenoxy) is 1. The normalized spacial score (nSPS) is 11.9. The molecule has 2 rings (SSSR count). The van der Waals surface area contributed by atoms with E-state index in [2.05, 4.69) is 15.6 Å². The Morgan fingerprint density at radius 1 is 1.37 bits per heavy atom.